The maximum Gasteiger partial charge on any atom is 0.184 e. The van der Waals surface area contributed by atoms with Crippen LogP contribution in [0, 0.1) is 0 Å². The number of methoxy groups -OCH3 is 1. The molecule has 0 atom stereocenters. The lowest BCUT2D eigenvalue weighted by atomic mass is 10.1. The van der Waals surface area contributed by atoms with Gasteiger partial charge in [-0.25, -0.2) is 13.4 Å². The van der Waals surface area contributed by atoms with Gasteiger partial charge in [0.2, 0.25) is 0 Å². The summed E-state index contributed by atoms with van der Waals surface area (Å²) < 4.78 is 30.9. The summed E-state index contributed by atoms with van der Waals surface area (Å²) >= 11 is 1.43. The molecule has 1 heterocycles. The van der Waals surface area contributed by atoms with E-state index in [1.807, 2.05) is 54.6 Å². The molecule has 0 aliphatic heterocycles. The van der Waals surface area contributed by atoms with E-state index in [0.29, 0.717) is 10.6 Å². The zero-order valence-electron chi connectivity index (χ0n) is 14.6. The van der Waals surface area contributed by atoms with Gasteiger partial charge >= 0.3 is 0 Å². The van der Waals surface area contributed by atoms with Crippen molar-refractivity contribution in [1.29, 1.82) is 0 Å². The molecule has 4 aromatic rings. The normalized spacial score (nSPS) is 11.6. The minimum Gasteiger partial charge on any atom is -0.497 e. The Morgan fingerprint density at radius 1 is 0.963 bits per heavy atom. The number of rotatable bonds is 5. The number of hydrogen-bond donors (Lipinski definition) is 0. The van der Waals surface area contributed by atoms with Gasteiger partial charge in [-0.15, -0.1) is 11.3 Å². The molecule has 1 aromatic heterocycles. The Kier molecular flexibility index (Phi) is 4.68. The Hall–Kier alpha value is -2.70. The van der Waals surface area contributed by atoms with Gasteiger partial charge in [0, 0.05) is 10.9 Å². The van der Waals surface area contributed by atoms with Gasteiger partial charge in [-0.05, 0) is 35.0 Å². The maximum absolute atomic E-state index is 12.8. The molecule has 4 nitrogen and oxygen atoms in total. The van der Waals surface area contributed by atoms with E-state index >= 15 is 0 Å². The summed E-state index contributed by atoms with van der Waals surface area (Å²) in [5.41, 5.74) is 1.46. The van der Waals surface area contributed by atoms with Gasteiger partial charge in [0.05, 0.1) is 23.5 Å². The second-order valence-electron chi connectivity index (χ2n) is 6.14. The van der Waals surface area contributed by atoms with Gasteiger partial charge < -0.3 is 4.74 Å². The fourth-order valence-electron chi connectivity index (χ4n) is 2.90. The summed E-state index contributed by atoms with van der Waals surface area (Å²) in [6.45, 7) is 0. The standard InChI is InChI=1S/C21H17NO3S2/c1-25-19-8-4-7-17(11-19)21-22-18(13-26-21)14-27(23,24)20-10-9-15-5-2-3-6-16(15)12-20/h2-13H,14H2,1H3. The van der Waals surface area contributed by atoms with Gasteiger partial charge in [0.25, 0.3) is 0 Å². The number of nitrogens with zero attached hydrogens (tertiary/aromatic N) is 1. The minimum atomic E-state index is -3.47. The number of sulfone groups is 1. The lowest BCUT2D eigenvalue weighted by Gasteiger charge is -2.05. The molecule has 0 fully saturated rings. The highest BCUT2D eigenvalue weighted by molar-refractivity contribution is 7.90. The van der Waals surface area contributed by atoms with Crippen molar-refractivity contribution in [3.05, 3.63) is 77.8 Å². The van der Waals surface area contributed by atoms with Gasteiger partial charge in [-0.1, -0.05) is 42.5 Å². The molecule has 0 aliphatic carbocycles. The van der Waals surface area contributed by atoms with Crippen molar-refractivity contribution < 1.29 is 13.2 Å². The Morgan fingerprint density at radius 3 is 2.59 bits per heavy atom. The Balaban J connectivity index is 1.61. The smallest absolute Gasteiger partial charge is 0.184 e. The second-order valence-corrected chi connectivity index (χ2v) is 8.99. The van der Waals surface area contributed by atoms with E-state index in [1.165, 1.54) is 11.3 Å². The highest BCUT2D eigenvalue weighted by Crippen LogP contribution is 2.28. The van der Waals surface area contributed by atoms with Gasteiger partial charge in [-0.2, -0.15) is 0 Å². The second kappa shape index (κ2) is 7.13. The first kappa shape index (κ1) is 17.7. The highest BCUT2D eigenvalue weighted by atomic mass is 32.2. The topological polar surface area (TPSA) is 56.3 Å². The summed E-state index contributed by atoms with van der Waals surface area (Å²) in [5.74, 6) is 0.624. The molecule has 27 heavy (non-hydrogen) atoms. The molecule has 0 unspecified atom stereocenters. The Bertz CT molecular complexity index is 1210. The molecular weight excluding hydrogens is 378 g/mol. The van der Waals surface area contributed by atoms with Crippen molar-refractivity contribution in [3.63, 3.8) is 0 Å². The Labute approximate surface area is 162 Å². The van der Waals surface area contributed by atoms with Crippen LogP contribution in [0.15, 0.2) is 77.0 Å². The summed E-state index contributed by atoms with van der Waals surface area (Å²) in [6, 6.07) is 20.5. The van der Waals surface area contributed by atoms with E-state index in [4.69, 9.17) is 4.74 Å². The van der Waals surface area contributed by atoms with E-state index in [1.54, 1.807) is 24.6 Å². The monoisotopic (exact) mass is 395 g/mol. The molecule has 4 rings (SSSR count). The summed E-state index contributed by atoms with van der Waals surface area (Å²) in [6.07, 6.45) is 0. The first-order chi connectivity index (χ1) is 13.0. The molecule has 0 radical (unpaired) electrons. The van der Waals surface area contributed by atoms with Crippen molar-refractivity contribution in [2.75, 3.05) is 7.11 Å². The SMILES string of the molecule is COc1cccc(-c2nc(CS(=O)(=O)c3ccc4ccccc4c3)cs2)c1. The van der Waals surface area contributed by atoms with Crippen LogP contribution in [0.3, 0.4) is 0 Å². The van der Waals surface area contributed by atoms with E-state index in [0.717, 1.165) is 27.1 Å². The van der Waals surface area contributed by atoms with Crippen molar-refractivity contribution in [2.45, 2.75) is 10.6 Å². The molecule has 0 bridgehead atoms. The molecule has 0 aliphatic rings. The van der Waals surface area contributed by atoms with Crippen LogP contribution in [0.25, 0.3) is 21.3 Å². The summed E-state index contributed by atoms with van der Waals surface area (Å²) in [5, 5.41) is 4.50. The predicted molar refractivity (Wildman–Crippen MR) is 109 cm³/mol. The number of ether oxygens (including phenoxy) is 1. The summed E-state index contributed by atoms with van der Waals surface area (Å²) in [7, 11) is -1.85. The van der Waals surface area contributed by atoms with Crippen LogP contribution in [0.2, 0.25) is 0 Å². The third-order valence-corrected chi connectivity index (χ3v) is 6.87. The van der Waals surface area contributed by atoms with Gasteiger partial charge in [0.15, 0.2) is 9.84 Å². The van der Waals surface area contributed by atoms with Crippen LogP contribution in [-0.2, 0) is 15.6 Å². The number of thiazole rings is 1. The molecular formula is C21H17NO3S2. The number of fused-ring (bicyclic) bond motifs is 1. The van der Waals surface area contributed by atoms with Crippen LogP contribution in [-0.4, -0.2) is 20.5 Å². The molecule has 0 N–H and O–H groups in total. The van der Waals surface area contributed by atoms with Crippen LogP contribution >= 0.6 is 11.3 Å². The zero-order chi connectivity index (χ0) is 18.9. The fourth-order valence-corrected chi connectivity index (χ4v) is 5.11. The molecule has 0 saturated carbocycles. The number of hydrogen-bond acceptors (Lipinski definition) is 5. The lowest BCUT2D eigenvalue weighted by molar-refractivity contribution is 0.415. The van der Waals surface area contributed by atoms with Gasteiger partial charge in [-0.3, -0.25) is 0 Å². The molecule has 136 valence electrons. The molecule has 0 amide bonds. The van der Waals surface area contributed by atoms with Crippen LogP contribution in [0.1, 0.15) is 5.69 Å². The van der Waals surface area contributed by atoms with E-state index in [-0.39, 0.29) is 5.75 Å². The van der Waals surface area contributed by atoms with Crippen LogP contribution in [0.4, 0.5) is 0 Å². The largest absolute Gasteiger partial charge is 0.497 e. The van der Waals surface area contributed by atoms with E-state index in [2.05, 4.69) is 4.98 Å². The molecule has 3 aromatic carbocycles. The zero-order valence-corrected chi connectivity index (χ0v) is 16.3. The lowest BCUT2D eigenvalue weighted by Crippen LogP contribution is -2.05. The predicted octanol–water partition coefficient (Wildman–Crippen LogP) is 4.95. The highest BCUT2D eigenvalue weighted by Gasteiger charge is 2.18. The van der Waals surface area contributed by atoms with E-state index in [9.17, 15) is 8.42 Å². The van der Waals surface area contributed by atoms with E-state index < -0.39 is 9.84 Å². The van der Waals surface area contributed by atoms with Crippen LogP contribution in [0.5, 0.6) is 5.75 Å². The van der Waals surface area contributed by atoms with Crippen molar-refractivity contribution in [2.24, 2.45) is 0 Å². The quantitative estimate of drug-likeness (QED) is 0.480. The first-order valence-electron chi connectivity index (χ1n) is 8.35. The van der Waals surface area contributed by atoms with Crippen molar-refractivity contribution in [1.82, 2.24) is 4.98 Å². The average Bonchev–Trinajstić information content (AvgIpc) is 3.15. The third-order valence-electron chi connectivity index (χ3n) is 4.29. The molecule has 0 saturated heterocycles. The Morgan fingerprint density at radius 2 is 1.78 bits per heavy atom. The average molecular weight is 396 g/mol. The molecule has 6 heteroatoms. The number of benzene rings is 3. The third kappa shape index (κ3) is 3.72. The summed E-state index contributed by atoms with van der Waals surface area (Å²) in [4.78, 5) is 4.83. The van der Waals surface area contributed by atoms with Crippen molar-refractivity contribution in [3.8, 4) is 16.3 Å². The van der Waals surface area contributed by atoms with Gasteiger partial charge in [0.1, 0.15) is 10.8 Å². The fraction of sp³-hybridized carbons (Fsp3) is 0.0952. The van der Waals surface area contributed by atoms with Crippen LogP contribution < -0.4 is 4.74 Å². The molecule has 0 spiro atoms. The first-order valence-corrected chi connectivity index (χ1v) is 10.9. The van der Waals surface area contributed by atoms with Crippen molar-refractivity contribution >= 4 is 31.9 Å². The number of aromatic nitrogens is 1. The minimum absolute atomic E-state index is 0.119. The maximum atomic E-state index is 12.8.